The number of carbonyl (C=O) groups is 2. The number of hydrogen-bond donors (Lipinski definition) is 0. The number of rotatable bonds is 5. The second-order valence-corrected chi connectivity index (χ2v) is 6.55. The first-order valence-electron chi connectivity index (χ1n) is 9.10. The number of benzene rings is 1. The molecule has 26 heavy (non-hydrogen) atoms. The van der Waals surface area contributed by atoms with Crippen molar-refractivity contribution in [1.29, 1.82) is 0 Å². The van der Waals surface area contributed by atoms with E-state index in [0.29, 0.717) is 17.8 Å². The maximum absolute atomic E-state index is 12.6. The van der Waals surface area contributed by atoms with Crippen molar-refractivity contribution < 1.29 is 23.8 Å². The summed E-state index contributed by atoms with van der Waals surface area (Å²) in [5.41, 5.74) is 3.37. The number of ether oxygens (including phenoxy) is 3. The molecule has 2 unspecified atom stereocenters. The Balaban J connectivity index is 1.90. The van der Waals surface area contributed by atoms with E-state index < -0.39 is 12.3 Å². The van der Waals surface area contributed by atoms with Gasteiger partial charge in [0.25, 0.3) is 6.29 Å². The lowest BCUT2D eigenvalue weighted by Gasteiger charge is -2.20. The molecular weight excluding hydrogens is 332 g/mol. The van der Waals surface area contributed by atoms with Gasteiger partial charge in [0.05, 0.1) is 18.4 Å². The molecule has 0 saturated heterocycles. The van der Waals surface area contributed by atoms with Gasteiger partial charge in [-0.2, -0.15) is 0 Å². The van der Waals surface area contributed by atoms with Crippen molar-refractivity contribution in [1.82, 2.24) is 0 Å². The fourth-order valence-corrected chi connectivity index (χ4v) is 3.44. The summed E-state index contributed by atoms with van der Waals surface area (Å²) in [5, 5.41) is 0. The highest BCUT2D eigenvalue weighted by Crippen LogP contribution is 2.36. The highest BCUT2D eigenvalue weighted by molar-refractivity contribution is 5.91. The Hall–Kier alpha value is -2.56. The van der Waals surface area contributed by atoms with Gasteiger partial charge in [-0.1, -0.05) is 30.7 Å². The maximum atomic E-state index is 12.6. The standard InChI is InChI=1S/C21H24O5/c1-3-24-21(23)18(13-25-19-12-14(2)20(22)26-19)17-11-7-5-9-15-8-4-6-10-16(15)17/h4,6,8,10,12-13,17,19H,3,5,7,9,11H2,1-2H3/b18-13+. The predicted octanol–water partition coefficient (Wildman–Crippen LogP) is 3.79. The lowest BCUT2D eigenvalue weighted by Crippen LogP contribution is -2.18. The first-order valence-corrected chi connectivity index (χ1v) is 9.10. The number of esters is 2. The monoisotopic (exact) mass is 356 g/mol. The van der Waals surface area contributed by atoms with Crippen molar-refractivity contribution in [3.05, 3.63) is 58.9 Å². The highest BCUT2D eigenvalue weighted by Gasteiger charge is 2.29. The van der Waals surface area contributed by atoms with Gasteiger partial charge < -0.3 is 14.2 Å². The first-order chi connectivity index (χ1) is 12.6. The third-order valence-corrected chi connectivity index (χ3v) is 4.77. The molecular formula is C21H24O5. The quantitative estimate of drug-likeness (QED) is 0.348. The van der Waals surface area contributed by atoms with E-state index in [1.54, 1.807) is 19.9 Å². The average Bonchev–Trinajstić information content (AvgIpc) is 2.83. The molecule has 1 aromatic rings. The summed E-state index contributed by atoms with van der Waals surface area (Å²) >= 11 is 0. The zero-order chi connectivity index (χ0) is 18.5. The van der Waals surface area contributed by atoms with Crippen LogP contribution >= 0.6 is 0 Å². The van der Waals surface area contributed by atoms with Gasteiger partial charge in [-0.05, 0) is 44.2 Å². The molecule has 138 valence electrons. The van der Waals surface area contributed by atoms with Gasteiger partial charge in [0.2, 0.25) is 0 Å². The summed E-state index contributed by atoms with van der Waals surface area (Å²) in [6.07, 6.45) is 6.18. The largest absolute Gasteiger partial charge is 0.463 e. The molecule has 3 rings (SSSR count). The Labute approximate surface area is 153 Å². The van der Waals surface area contributed by atoms with Crippen LogP contribution < -0.4 is 0 Å². The van der Waals surface area contributed by atoms with Gasteiger partial charge in [-0.25, -0.2) is 9.59 Å². The van der Waals surface area contributed by atoms with E-state index in [2.05, 4.69) is 12.1 Å². The number of hydrogen-bond acceptors (Lipinski definition) is 5. The number of carbonyl (C=O) groups excluding carboxylic acids is 2. The minimum Gasteiger partial charge on any atom is -0.463 e. The predicted molar refractivity (Wildman–Crippen MR) is 96.2 cm³/mol. The molecule has 0 radical (unpaired) electrons. The minimum atomic E-state index is -0.798. The van der Waals surface area contributed by atoms with Crippen molar-refractivity contribution in [3.8, 4) is 0 Å². The number of cyclic esters (lactones) is 1. The van der Waals surface area contributed by atoms with Crippen molar-refractivity contribution in [3.63, 3.8) is 0 Å². The third kappa shape index (κ3) is 3.98. The molecule has 1 aliphatic heterocycles. The summed E-state index contributed by atoms with van der Waals surface area (Å²) < 4.78 is 16.0. The van der Waals surface area contributed by atoms with E-state index in [1.807, 2.05) is 12.1 Å². The van der Waals surface area contributed by atoms with Crippen molar-refractivity contribution in [2.24, 2.45) is 0 Å². The Bertz CT molecular complexity index is 747. The SMILES string of the molecule is CCOC(=O)/C(=C/OC1C=C(C)C(=O)O1)C1CCCCc2ccccc21. The van der Waals surface area contributed by atoms with Gasteiger partial charge in [-0.15, -0.1) is 0 Å². The van der Waals surface area contributed by atoms with Crippen molar-refractivity contribution >= 4 is 11.9 Å². The van der Waals surface area contributed by atoms with E-state index >= 15 is 0 Å². The fourth-order valence-electron chi connectivity index (χ4n) is 3.44. The molecule has 2 atom stereocenters. The van der Waals surface area contributed by atoms with Gasteiger partial charge in [0.15, 0.2) is 0 Å². The van der Waals surface area contributed by atoms with Crippen LogP contribution in [0.15, 0.2) is 47.7 Å². The topological polar surface area (TPSA) is 61.8 Å². The van der Waals surface area contributed by atoms with Crippen LogP contribution in [0.25, 0.3) is 0 Å². The Morgan fingerprint density at radius 3 is 2.85 bits per heavy atom. The Kier molecular flexibility index (Phi) is 5.76. The van der Waals surface area contributed by atoms with Crippen LogP contribution in [-0.2, 0) is 30.2 Å². The first kappa shape index (κ1) is 18.2. The highest BCUT2D eigenvalue weighted by atomic mass is 16.7. The van der Waals surface area contributed by atoms with Gasteiger partial charge in [0.1, 0.15) is 0 Å². The average molecular weight is 356 g/mol. The third-order valence-electron chi connectivity index (χ3n) is 4.77. The molecule has 2 aliphatic rings. The summed E-state index contributed by atoms with van der Waals surface area (Å²) in [7, 11) is 0. The summed E-state index contributed by atoms with van der Waals surface area (Å²) in [6, 6.07) is 8.20. The Morgan fingerprint density at radius 1 is 1.31 bits per heavy atom. The van der Waals surface area contributed by atoms with Crippen LogP contribution in [0.4, 0.5) is 0 Å². The van der Waals surface area contributed by atoms with Gasteiger partial charge in [-0.3, -0.25) is 0 Å². The van der Waals surface area contributed by atoms with Crippen LogP contribution in [-0.4, -0.2) is 24.8 Å². The summed E-state index contributed by atoms with van der Waals surface area (Å²) in [5.74, 6) is -0.880. The minimum absolute atomic E-state index is 0.0880. The van der Waals surface area contributed by atoms with Crippen LogP contribution in [0.3, 0.4) is 0 Å². The zero-order valence-corrected chi connectivity index (χ0v) is 15.2. The van der Waals surface area contributed by atoms with E-state index in [-0.39, 0.29) is 11.9 Å². The molecule has 0 amide bonds. The lowest BCUT2D eigenvalue weighted by molar-refractivity contribution is -0.152. The lowest BCUT2D eigenvalue weighted by atomic mass is 9.87. The molecule has 0 N–H and O–H groups in total. The van der Waals surface area contributed by atoms with Crippen LogP contribution in [0.5, 0.6) is 0 Å². The maximum Gasteiger partial charge on any atom is 0.337 e. The molecule has 0 bridgehead atoms. The summed E-state index contributed by atoms with van der Waals surface area (Å²) in [4.78, 5) is 24.1. The van der Waals surface area contributed by atoms with Gasteiger partial charge >= 0.3 is 11.9 Å². The zero-order valence-electron chi connectivity index (χ0n) is 15.2. The van der Waals surface area contributed by atoms with E-state index in [1.165, 1.54) is 11.8 Å². The van der Waals surface area contributed by atoms with E-state index in [9.17, 15) is 9.59 Å². The molecule has 0 saturated carbocycles. The Morgan fingerprint density at radius 2 is 2.12 bits per heavy atom. The molecule has 0 aromatic heterocycles. The number of fused-ring (bicyclic) bond motifs is 1. The second-order valence-electron chi connectivity index (χ2n) is 6.55. The van der Waals surface area contributed by atoms with Crippen molar-refractivity contribution in [2.45, 2.75) is 51.7 Å². The van der Waals surface area contributed by atoms with Gasteiger partial charge in [0, 0.05) is 17.6 Å². The molecule has 0 fully saturated rings. The molecule has 0 spiro atoms. The second kappa shape index (κ2) is 8.21. The molecule has 1 aromatic carbocycles. The molecule has 5 heteroatoms. The normalized spacial score (nSPS) is 22.8. The molecule has 5 nitrogen and oxygen atoms in total. The summed E-state index contributed by atoms with van der Waals surface area (Å²) in [6.45, 7) is 3.74. The van der Waals surface area contributed by atoms with Crippen molar-refractivity contribution in [2.75, 3.05) is 6.61 Å². The fraction of sp³-hybridized carbons (Fsp3) is 0.429. The van der Waals surface area contributed by atoms with Crippen LogP contribution in [0.2, 0.25) is 0 Å². The van der Waals surface area contributed by atoms with E-state index in [4.69, 9.17) is 14.2 Å². The van der Waals surface area contributed by atoms with Crippen LogP contribution in [0.1, 0.15) is 50.2 Å². The smallest absolute Gasteiger partial charge is 0.337 e. The molecule has 1 heterocycles. The molecule has 1 aliphatic carbocycles. The van der Waals surface area contributed by atoms with E-state index in [0.717, 1.165) is 31.2 Å². The number of aryl methyl sites for hydroxylation is 1. The van der Waals surface area contributed by atoms with Crippen LogP contribution in [0, 0.1) is 0 Å².